The molecule has 0 aliphatic rings. The third-order valence-corrected chi connectivity index (χ3v) is 6.08. The summed E-state index contributed by atoms with van der Waals surface area (Å²) in [4.78, 5) is 11.1. The van der Waals surface area contributed by atoms with Gasteiger partial charge in [0.1, 0.15) is 9.77 Å². The Kier molecular flexibility index (Phi) is 4.38. The standard InChI is InChI=1S/C11H7BrClNO4S2/c12-8-4-5-9(19-8)20(17,18)14-7-3-1-2-6(13)10(7)11(15)16/h1-5,14H,(H,15,16). The minimum absolute atomic E-state index is 0.0370. The van der Waals surface area contributed by atoms with Crippen LogP contribution in [0.15, 0.2) is 38.3 Å². The minimum atomic E-state index is -3.85. The summed E-state index contributed by atoms with van der Waals surface area (Å²) in [6, 6.07) is 7.20. The minimum Gasteiger partial charge on any atom is -0.478 e. The number of aromatic carboxylic acids is 1. The lowest BCUT2D eigenvalue weighted by atomic mass is 10.2. The Morgan fingerprint density at radius 1 is 1.30 bits per heavy atom. The maximum absolute atomic E-state index is 12.1. The lowest BCUT2D eigenvalue weighted by molar-refractivity contribution is 0.0698. The molecule has 0 unspecified atom stereocenters. The summed E-state index contributed by atoms with van der Waals surface area (Å²) in [5.74, 6) is -1.30. The van der Waals surface area contributed by atoms with Gasteiger partial charge >= 0.3 is 5.97 Å². The highest BCUT2D eigenvalue weighted by Gasteiger charge is 2.21. The van der Waals surface area contributed by atoms with E-state index in [9.17, 15) is 13.2 Å². The van der Waals surface area contributed by atoms with Crippen molar-refractivity contribution in [2.24, 2.45) is 0 Å². The van der Waals surface area contributed by atoms with Gasteiger partial charge in [-0.05, 0) is 40.2 Å². The molecule has 20 heavy (non-hydrogen) atoms. The number of hydrogen-bond donors (Lipinski definition) is 2. The van der Waals surface area contributed by atoms with Crippen LogP contribution < -0.4 is 4.72 Å². The Morgan fingerprint density at radius 2 is 2.00 bits per heavy atom. The van der Waals surface area contributed by atoms with Crippen molar-refractivity contribution < 1.29 is 18.3 Å². The fourth-order valence-corrected chi connectivity index (χ4v) is 4.80. The van der Waals surface area contributed by atoms with E-state index in [1.165, 1.54) is 24.3 Å². The molecule has 0 aliphatic carbocycles. The van der Waals surface area contributed by atoms with Crippen LogP contribution in [0.1, 0.15) is 10.4 Å². The first-order valence-corrected chi connectivity index (χ1v) is 8.58. The highest BCUT2D eigenvalue weighted by molar-refractivity contribution is 9.11. The zero-order valence-electron chi connectivity index (χ0n) is 9.63. The number of sulfonamides is 1. The molecule has 9 heteroatoms. The van der Waals surface area contributed by atoms with Crippen LogP contribution in [0, 0.1) is 0 Å². The molecule has 2 N–H and O–H groups in total. The largest absolute Gasteiger partial charge is 0.478 e. The van der Waals surface area contributed by atoms with Crippen LogP contribution in [0.5, 0.6) is 0 Å². The van der Waals surface area contributed by atoms with Gasteiger partial charge in [0.05, 0.1) is 14.5 Å². The summed E-state index contributed by atoms with van der Waals surface area (Å²) in [6.07, 6.45) is 0. The number of benzene rings is 1. The van der Waals surface area contributed by atoms with Crippen molar-refractivity contribution in [1.29, 1.82) is 0 Å². The zero-order valence-corrected chi connectivity index (χ0v) is 13.6. The number of hydrogen-bond acceptors (Lipinski definition) is 4. The van der Waals surface area contributed by atoms with Gasteiger partial charge in [-0.25, -0.2) is 13.2 Å². The van der Waals surface area contributed by atoms with Crippen molar-refractivity contribution in [2.75, 3.05) is 4.72 Å². The molecule has 2 aromatic rings. The average molecular weight is 397 g/mol. The van der Waals surface area contributed by atoms with Crippen LogP contribution in [0.4, 0.5) is 5.69 Å². The topological polar surface area (TPSA) is 83.5 Å². The molecule has 2 rings (SSSR count). The molecule has 0 radical (unpaired) electrons. The molecule has 0 saturated heterocycles. The van der Waals surface area contributed by atoms with E-state index in [1.54, 1.807) is 6.07 Å². The zero-order chi connectivity index (χ0) is 14.9. The summed E-state index contributed by atoms with van der Waals surface area (Å²) in [5, 5.41) is 9.06. The van der Waals surface area contributed by atoms with Gasteiger partial charge in [0.2, 0.25) is 0 Å². The van der Waals surface area contributed by atoms with Crippen molar-refractivity contribution in [3.05, 3.63) is 44.7 Å². The molecule has 1 aromatic carbocycles. The molecule has 0 saturated carbocycles. The number of carboxylic acid groups (broad SMARTS) is 1. The van der Waals surface area contributed by atoms with Gasteiger partial charge in [-0.15, -0.1) is 11.3 Å². The summed E-state index contributed by atoms with van der Waals surface area (Å²) >= 11 is 9.97. The Hall–Kier alpha value is -1.09. The molecule has 0 fully saturated rings. The van der Waals surface area contributed by atoms with Gasteiger partial charge in [0.25, 0.3) is 10.0 Å². The Bertz CT molecular complexity index is 772. The molecule has 1 heterocycles. The molecule has 106 valence electrons. The predicted octanol–water partition coefficient (Wildman–Crippen LogP) is 3.66. The van der Waals surface area contributed by atoms with E-state index in [2.05, 4.69) is 20.7 Å². The monoisotopic (exact) mass is 395 g/mol. The fourth-order valence-electron chi connectivity index (χ4n) is 1.46. The number of anilines is 1. The smallest absolute Gasteiger partial charge is 0.339 e. The van der Waals surface area contributed by atoms with Crippen LogP contribution >= 0.6 is 38.9 Å². The van der Waals surface area contributed by atoms with Gasteiger partial charge in [-0.3, -0.25) is 4.72 Å². The highest BCUT2D eigenvalue weighted by Crippen LogP contribution is 2.30. The maximum Gasteiger partial charge on any atom is 0.339 e. The molecule has 0 spiro atoms. The molecular weight excluding hydrogens is 390 g/mol. The Balaban J connectivity index is 2.45. The Labute approximate surface area is 132 Å². The van der Waals surface area contributed by atoms with E-state index < -0.39 is 16.0 Å². The van der Waals surface area contributed by atoms with Crippen molar-refractivity contribution in [1.82, 2.24) is 0 Å². The van der Waals surface area contributed by atoms with Crippen LogP contribution in [-0.2, 0) is 10.0 Å². The number of carbonyl (C=O) groups is 1. The first-order valence-electron chi connectivity index (χ1n) is 5.11. The molecule has 1 aromatic heterocycles. The molecule has 0 bridgehead atoms. The van der Waals surface area contributed by atoms with Gasteiger partial charge in [-0.2, -0.15) is 0 Å². The van der Waals surface area contributed by atoms with Crippen LogP contribution in [0.25, 0.3) is 0 Å². The molecule has 0 aliphatic heterocycles. The fraction of sp³-hybridized carbons (Fsp3) is 0. The van der Waals surface area contributed by atoms with Crippen molar-refractivity contribution in [3.63, 3.8) is 0 Å². The number of thiophene rings is 1. The number of nitrogens with one attached hydrogen (secondary N) is 1. The second-order valence-corrected chi connectivity index (χ2v) is 8.41. The number of rotatable bonds is 4. The summed E-state index contributed by atoms with van der Waals surface area (Å²) in [5.41, 5.74) is -0.358. The number of halogens is 2. The maximum atomic E-state index is 12.1. The molecular formula is C11H7BrClNO4S2. The Morgan fingerprint density at radius 3 is 2.55 bits per heavy atom. The van der Waals surface area contributed by atoms with E-state index in [4.69, 9.17) is 16.7 Å². The van der Waals surface area contributed by atoms with Crippen LogP contribution in [0.2, 0.25) is 5.02 Å². The number of carboxylic acids is 1. The van der Waals surface area contributed by atoms with Crippen molar-refractivity contribution in [2.45, 2.75) is 4.21 Å². The lowest BCUT2D eigenvalue weighted by Gasteiger charge is -2.10. The van der Waals surface area contributed by atoms with Gasteiger partial charge < -0.3 is 5.11 Å². The first-order chi connectivity index (χ1) is 9.31. The molecule has 0 amide bonds. The SMILES string of the molecule is O=C(O)c1c(Cl)cccc1NS(=O)(=O)c1ccc(Br)s1. The van der Waals surface area contributed by atoms with E-state index >= 15 is 0 Å². The second-order valence-electron chi connectivity index (χ2n) is 3.63. The van der Waals surface area contributed by atoms with E-state index in [0.717, 1.165) is 11.3 Å². The quantitative estimate of drug-likeness (QED) is 0.826. The first kappa shape index (κ1) is 15.3. The predicted molar refractivity (Wildman–Crippen MR) is 81.2 cm³/mol. The van der Waals surface area contributed by atoms with Crippen LogP contribution in [0.3, 0.4) is 0 Å². The molecule has 5 nitrogen and oxygen atoms in total. The second kappa shape index (κ2) is 5.72. The third-order valence-electron chi connectivity index (χ3n) is 2.29. The van der Waals surface area contributed by atoms with E-state index in [1.807, 2.05) is 0 Å². The average Bonchev–Trinajstić information content (AvgIpc) is 2.75. The van der Waals surface area contributed by atoms with Gasteiger partial charge in [0.15, 0.2) is 0 Å². The van der Waals surface area contributed by atoms with Gasteiger partial charge in [0, 0.05) is 0 Å². The molecule has 0 atom stereocenters. The van der Waals surface area contributed by atoms with E-state index in [-0.39, 0.29) is 20.5 Å². The van der Waals surface area contributed by atoms with Crippen molar-refractivity contribution >= 4 is 60.5 Å². The van der Waals surface area contributed by atoms with Crippen molar-refractivity contribution in [3.8, 4) is 0 Å². The highest BCUT2D eigenvalue weighted by atomic mass is 79.9. The van der Waals surface area contributed by atoms with Gasteiger partial charge in [-0.1, -0.05) is 17.7 Å². The van der Waals surface area contributed by atoms with Crippen LogP contribution in [-0.4, -0.2) is 19.5 Å². The summed E-state index contributed by atoms with van der Waals surface area (Å²) in [7, 11) is -3.85. The normalized spacial score (nSPS) is 11.3. The lowest BCUT2D eigenvalue weighted by Crippen LogP contribution is -2.14. The summed E-state index contributed by atoms with van der Waals surface area (Å²) in [6.45, 7) is 0. The third kappa shape index (κ3) is 3.14. The summed E-state index contributed by atoms with van der Waals surface area (Å²) < 4.78 is 27.2. The van der Waals surface area contributed by atoms with E-state index in [0.29, 0.717) is 3.79 Å².